The van der Waals surface area contributed by atoms with Crippen LogP contribution in [0.15, 0.2) is 35.5 Å². The van der Waals surface area contributed by atoms with Crippen molar-refractivity contribution < 1.29 is 17.9 Å². The normalized spacial score (nSPS) is 15.1. The summed E-state index contributed by atoms with van der Waals surface area (Å²) >= 11 is 0. The summed E-state index contributed by atoms with van der Waals surface area (Å²) in [6.07, 6.45) is 3.65. The zero-order valence-corrected chi connectivity index (χ0v) is 16.1. The first-order chi connectivity index (χ1) is 13.0. The number of aromatic amines is 1. The highest BCUT2D eigenvalue weighted by Crippen LogP contribution is 2.15. The first kappa shape index (κ1) is 19.5. The number of benzene rings is 1. The van der Waals surface area contributed by atoms with Crippen molar-refractivity contribution in [3.63, 3.8) is 0 Å². The van der Waals surface area contributed by atoms with Crippen LogP contribution in [0.1, 0.15) is 41.3 Å². The summed E-state index contributed by atoms with van der Waals surface area (Å²) < 4.78 is 32.3. The van der Waals surface area contributed by atoms with Crippen LogP contribution < -0.4 is 4.72 Å². The van der Waals surface area contributed by atoms with Gasteiger partial charge in [0.2, 0.25) is 0 Å². The molecule has 1 aliphatic heterocycles. The largest absolute Gasteiger partial charge is 0.462 e. The lowest BCUT2D eigenvalue weighted by atomic mass is 10.1. The van der Waals surface area contributed by atoms with Gasteiger partial charge in [0.25, 0.3) is 10.0 Å². The minimum atomic E-state index is -3.92. The fourth-order valence-corrected chi connectivity index (χ4v) is 4.14. The van der Waals surface area contributed by atoms with Gasteiger partial charge in [-0.05, 0) is 44.0 Å². The first-order valence-electron chi connectivity index (χ1n) is 9.00. The lowest BCUT2D eigenvalue weighted by molar-refractivity contribution is 0.0522. The molecule has 0 spiro atoms. The molecule has 1 aromatic heterocycles. The molecule has 0 saturated carbocycles. The zero-order valence-electron chi connectivity index (χ0n) is 15.3. The molecular weight excluding hydrogens is 368 g/mol. The van der Waals surface area contributed by atoms with E-state index in [9.17, 15) is 13.2 Å². The van der Waals surface area contributed by atoms with Crippen LogP contribution in [-0.4, -0.2) is 49.2 Å². The SMILES string of the molecule is CCOC(=O)c1cn[nH]c1S(=O)(=O)NCc1ccc(CN2CCCC2)cc1. The molecule has 0 bridgehead atoms. The van der Waals surface area contributed by atoms with E-state index >= 15 is 0 Å². The maximum absolute atomic E-state index is 12.5. The topological polar surface area (TPSA) is 104 Å². The van der Waals surface area contributed by atoms with E-state index in [0.717, 1.165) is 31.4 Å². The number of ether oxygens (including phenoxy) is 1. The average molecular weight is 392 g/mol. The summed E-state index contributed by atoms with van der Waals surface area (Å²) in [5, 5.41) is 5.74. The highest BCUT2D eigenvalue weighted by atomic mass is 32.2. The summed E-state index contributed by atoms with van der Waals surface area (Å²) in [5.41, 5.74) is 1.94. The maximum atomic E-state index is 12.5. The van der Waals surface area contributed by atoms with E-state index in [1.165, 1.54) is 18.4 Å². The minimum absolute atomic E-state index is 0.106. The fraction of sp³-hybridized carbons (Fsp3) is 0.444. The van der Waals surface area contributed by atoms with Gasteiger partial charge < -0.3 is 4.74 Å². The summed E-state index contributed by atoms with van der Waals surface area (Å²) in [4.78, 5) is 14.3. The number of esters is 1. The third-order valence-electron chi connectivity index (χ3n) is 4.46. The Hall–Kier alpha value is -2.23. The summed E-state index contributed by atoms with van der Waals surface area (Å²) in [6.45, 7) is 5.11. The Morgan fingerprint density at radius 3 is 2.56 bits per heavy atom. The lowest BCUT2D eigenvalue weighted by Crippen LogP contribution is -2.25. The van der Waals surface area contributed by atoms with Crippen molar-refractivity contribution in [3.05, 3.63) is 47.2 Å². The van der Waals surface area contributed by atoms with Gasteiger partial charge in [-0.2, -0.15) is 5.10 Å². The molecule has 2 N–H and O–H groups in total. The van der Waals surface area contributed by atoms with Crippen LogP contribution in [0.2, 0.25) is 0 Å². The average Bonchev–Trinajstić information content (AvgIpc) is 3.33. The Kier molecular flexibility index (Phi) is 6.25. The quantitative estimate of drug-likeness (QED) is 0.662. The number of sulfonamides is 1. The number of hydrogen-bond acceptors (Lipinski definition) is 6. The Bertz CT molecular complexity index is 871. The fourth-order valence-electron chi connectivity index (χ4n) is 3.05. The predicted octanol–water partition coefficient (Wildman–Crippen LogP) is 1.66. The Labute approximate surface area is 159 Å². The number of aromatic nitrogens is 2. The van der Waals surface area contributed by atoms with Gasteiger partial charge in [0.1, 0.15) is 5.56 Å². The van der Waals surface area contributed by atoms with Gasteiger partial charge in [0, 0.05) is 13.1 Å². The van der Waals surface area contributed by atoms with Gasteiger partial charge in [-0.1, -0.05) is 24.3 Å². The van der Waals surface area contributed by atoms with E-state index in [0.29, 0.717) is 0 Å². The van der Waals surface area contributed by atoms with E-state index in [2.05, 4.69) is 19.8 Å². The van der Waals surface area contributed by atoms with Crippen molar-refractivity contribution in [3.8, 4) is 0 Å². The summed E-state index contributed by atoms with van der Waals surface area (Å²) in [7, 11) is -3.92. The van der Waals surface area contributed by atoms with Crippen molar-refractivity contribution in [1.29, 1.82) is 0 Å². The third-order valence-corrected chi connectivity index (χ3v) is 5.84. The number of H-pyrrole nitrogens is 1. The molecule has 1 aliphatic rings. The molecule has 0 atom stereocenters. The van der Waals surface area contributed by atoms with Crippen molar-refractivity contribution in [1.82, 2.24) is 19.8 Å². The van der Waals surface area contributed by atoms with Gasteiger partial charge in [-0.15, -0.1) is 0 Å². The minimum Gasteiger partial charge on any atom is -0.462 e. The lowest BCUT2D eigenvalue weighted by Gasteiger charge is -2.14. The molecule has 1 fully saturated rings. The van der Waals surface area contributed by atoms with E-state index in [1.54, 1.807) is 6.92 Å². The van der Waals surface area contributed by atoms with Crippen LogP contribution in [-0.2, 0) is 27.8 Å². The molecule has 27 heavy (non-hydrogen) atoms. The molecule has 0 amide bonds. The van der Waals surface area contributed by atoms with E-state index in [4.69, 9.17) is 4.74 Å². The van der Waals surface area contributed by atoms with Crippen molar-refractivity contribution >= 4 is 16.0 Å². The molecule has 0 radical (unpaired) electrons. The highest BCUT2D eigenvalue weighted by molar-refractivity contribution is 7.89. The molecule has 1 saturated heterocycles. The molecule has 2 heterocycles. The van der Waals surface area contributed by atoms with E-state index in [1.807, 2.05) is 24.3 Å². The molecule has 0 unspecified atom stereocenters. The van der Waals surface area contributed by atoms with Crippen molar-refractivity contribution in [2.75, 3.05) is 19.7 Å². The number of carbonyl (C=O) groups is 1. The maximum Gasteiger partial charge on any atom is 0.342 e. The Balaban J connectivity index is 1.62. The number of nitrogens with zero attached hydrogens (tertiary/aromatic N) is 2. The molecule has 2 aromatic rings. The molecule has 1 aromatic carbocycles. The van der Waals surface area contributed by atoms with Crippen LogP contribution in [0.3, 0.4) is 0 Å². The van der Waals surface area contributed by atoms with Gasteiger partial charge in [0.15, 0.2) is 5.03 Å². The monoisotopic (exact) mass is 392 g/mol. The second-order valence-electron chi connectivity index (χ2n) is 6.46. The van der Waals surface area contributed by atoms with Crippen LogP contribution in [0, 0.1) is 0 Å². The molecular formula is C18H24N4O4S. The Morgan fingerprint density at radius 2 is 1.89 bits per heavy atom. The second-order valence-corrected chi connectivity index (χ2v) is 8.16. The van der Waals surface area contributed by atoms with E-state index < -0.39 is 16.0 Å². The zero-order chi connectivity index (χ0) is 19.3. The van der Waals surface area contributed by atoms with Gasteiger partial charge in [0.05, 0.1) is 12.8 Å². The summed E-state index contributed by atoms with van der Waals surface area (Å²) in [5.74, 6) is -0.724. The van der Waals surface area contributed by atoms with Crippen LogP contribution in [0.25, 0.3) is 0 Å². The second kappa shape index (κ2) is 8.64. The molecule has 3 rings (SSSR count). The molecule has 0 aliphatic carbocycles. The number of nitrogens with one attached hydrogen (secondary N) is 2. The first-order valence-corrected chi connectivity index (χ1v) is 10.5. The highest BCUT2D eigenvalue weighted by Gasteiger charge is 2.25. The number of rotatable bonds is 8. The third kappa shape index (κ3) is 4.94. The van der Waals surface area contributed by atoms with Crippen molar-refractivity contribution in [2.24, 2.45) is 0 Å². The van der Waals surface area contributed by atoms with Crippen LogP contribution in [0.5, 0.6) is 0 Å². The standard InChI is InChI=1S/C18H24N4O4S/c1-2-26-18(23)16-12-19-21-17(16)27(24,25)20-11-14-5-7-15(8-6-14)13-22-9-3-4-10-22/h5-8,12,20H,2-4,9-11,13H2,1H3,(H,19,21). The molecule has 8 nitrogen and oxygen atoms in total. The molecule has 9 heteroatoms. The van der Waals surface area contributed by atoms with Crippen LogP contribution in [0.4, 0.5) is 0 Å². The molecule has 146 valence electrons. The number of likely N-dealkylation sites (tertiary alicyclic amines) is 1. The van der Waals surface area contributed by atoms with Crippen molar-refractivity contribution in [2.45, 2.75) is 37.9 Å². The Morgan fingerprint density at radius 1 is 1.22 bits per heavy atom. The smallest absolute Gasteiger partial charge is 0.342 e. The van der Waals surface area contributed by atoms with Gasteiger partial charge >= 0.3 is 5.97 Å². The summed E-state index contributed by atoms with van der Waals surface area (Å²) in [6, 6.07) is 7.85. The van der Waals surface area contributed by atoms with Gasteiger partial charge in [-0.25, -0.2) is 17.9 Å². The van der Waals surface area contributed by atoms with Crippen LogP contribution >= 0.6 is 0 Å². The van der Waals surface area contributed by atoms with E-state index in [-0.39, 0.29) is 23.7 Å². The van der Waals surface area contributed by atoms with Gasteiger partial charge in [-0.3, -0.25) is 10.00 Å². The number of carbonyl (C=O) groups excluding carboxylic acids is 1. The predicted molar refractivity (Wildman–Crippen MR) is 99.5 cm³/mol. The number of hydrogen-bond donors (Lipinski definition) is 2.